The second-order valence-electron chi connectivity index (χ2n) is 8.25. The lowest BCUT2D eigenvalue weighted by Crippen LogP contribution is -2.19. The van der Waals surface area contributed by atoms with Gasteiger partial charge in [-0.1, -0.05) is 18.2 Å². The summed E-state index contributed by atoms with van der Waals surface area (Å²) in [6, 6.07) is 15.6. The van der Waals surface area contributed by atoms with Gasteiger partial charge >= 0.3 is 0 Å². The predicted octanol–water partition coefficient (Wildman–Crippen LogP) is 5.22. The van der Waals surface area contributed by atoms with Crippen molar-refractivity contribution in [1.29, 1.82) is 0 Å². The molecule has 0 saturated heterocycles. The summed E-state index contributed by atoms with van der Waals surface area (Å²) in [6.45, 7) is 4.21. The molecule has 1 amide bonds. The molecule has 5 aromatic rings. The first-order valence-corrected chi connectivity index (χ1v) is 11.4. The quantitative estimate of drug-likeness (QED) is 0.324. The molecule has 0 aliphatic rings. The van der Waals surface area contributed by atoms with Crippen molar-refractivity contribution < 1.29 is 9.18 Å². The highest BCUT2D eigenvalue weighted by Crippen LogP contribution is 2.31. The van der Waals surface area contributed by atoms with Crippen LogP contribution in [0.2, 0.25) is 0 Å². The first-order valence-electron chi connectivity index (χ1n) is 11.4. The third-order valence-electron chi connectivity index (χ3n) is 5.84. The zero-order valence-corrected chi connectivity index (χ0v) is 19.8. The Morgan fingerprint density at radius 2 is 2.03 bits per heavy atom. The number of fused-ring (bicyclic) bond motifs is 1. The van der Waals surface area contributed by atoms with Crippen LogP contribution in [0.5, 0.6) is 0 Å². The third kappa shape index (κ3) is 4.34. The lowest BCUT2D eigenvalue weighted by atomic mass is 10.0. The van der Waals surface area contributed by atoms with Crippen LogP contribution in [0, 0.1) is 12.7 Å². The molecule has 3 heterocycles. The lowest BCUT2D eigenvalue weighted by Gasteiger charge is -2.11. The molecule has 0 unspecified atom stereocenters. The minimum Gasteiger partial charge on any atom is -0.399 e. The molecule has 3 aromatic heterocycles. The van der Waals surface area contributed by atoms with Crippen LogP contribution in [-0.2, 0) is 6.54 Å². The molecule has 0 aliphatic carbocycles. The number of benzene rings is 2. The molecule has 8 nitrogen and oxygen atoms in total. The maximum Gasteiger partial charge on any atom is 0.274 e. The van der Waals surface area contributed by atoms with Gasteiger partial charge in [-0.15, -0.1) is 0 Å². The number of carbonyl (C=O) groups excluding carboxylic acids is 1. The minimum atomic E-state index is -0.566. The van der Waals surface area contributed by atoms with Crippen molar-refractivity contribution in [3.63, 3.8) is 0 Å². The van der Waals surface area contributed by atoms with Gasteiger partial charge in [-0.05, 0) is 61.9 Å². The molecule has 3 N–H and O–H groups in total. The van der Waals surface area contributed by atoms with Crippen LogP contribution >= 0.6 is 0 Å². The summed E-state index contributed by atoms with van der Waals surface area (Å²) < 4.78 is 17.7. The van der Waals surface area contributed by atoms with E-state index in [9.17, 15) is 9.18 Å². The van der Waals surface area contributed by atoms with E-state index in [1.54, 1.807) is 21.8 Å². The van der Waals surface area contributed by atoms with Crippen molar-refractivity contribution >= 4 is 40.5 Å². The van der Waals surface area contributed by atoms with Crippen molar-refractivity contribution in [2.24, 2.45) is 0 Å². The van der Waals surface area contributed by atoms with E-state index in [0.29, 0.717) is 29.2 Å². The number of nitrogens with one attached hydrogen (secondary N) is 1. The average Bonchev–Trinajstić information content (AvgIpc) is 3.45. The van der Waals surface area contributed by atoms with Crippen LogP contribution in [0.4, 0.5) is 15.8 Å². The molecule has 0 spiro atoms. The smallest absolute Gasteiger partial charge is 0.274 e. The summed E-state index contributed by atoms with van der Waals surface area (Å²) in [5.74, 6) is -1.04. The van der Waals surface area contributed by atoms with E-state index in [4.69, 9.17) is 5.73 Å². The summed E-state index contributed by atoms with van der Waals surface area (Å²) in [7, 11) is 0. The van der Waals surface area contributed by atoms with E-state index in [0.717, 1.165) is 22.2 Å². The molecule has 180 valence electrons. The molecule has 0 saturated carbocycles. The van der Waals surface area contributed by atoms with Gasteiger partial charge in [0.25, 0.3) is 5.91 Å². The zero-order valence-electron chi connectivity index (χ0n) is 19.8. The molecular weight excluding hydrogens is 457 g/mol. The Balaban J connectivity index is 1.56. The predicted molar refractivity (Wildman–Crippen MR) is 140 cm³/mol. The molecule has 0 radical (unpaired) electrons. The highest BCUT2D eigenvalue weighted by molar-refractivity contribution is 6.08. The van der Waals surface area contributed by atoms with E-state index in [1.165, 1.54) is 18.2 Å². The Bertz CT molecular complexity index is 1600. The van der Waals surface area contributed by atoms with E-state index in [-0.39, 0.29) is 5.69 Å². The normalized spacial score (nSPS) is 11.4. The topological polar surface area (TPSA) is 104 Å². The molecule has 0 bridgehead atoms. The van der Waals surface area contributed by atoms with Crippen LogP contribution in [0.25, 0.3) is 34.3 Å². The summed E-state index contributed by atoms with van der Waals surface area (Å²) in [6.07, 6.45) is 7.22. The second kappa shape index (κ2) is 9.46. The monoisotopic (exact) mass is 481 g/mol. The van der Waals surface area contributed by atoms with Gasteiger partial charge in [-0.25, -0.2) is 9.07 Å². The number of hydrogen-bond acceptors (Lipinski definition) is 5. The van der Waals surface area contributed by atoms with Crippen molar-refractivity contribution in [2.75, 3.05) is 11.1 Å². The maximum absolute atomic E-state index is 14.3. The van der Waals surface area contributed by atoms with E-state index in [2.05, 4.69) is 20.5 Å². The van der Waals surface area contributed by atoms with Crippen molar-refractivity contribution in [3.05, 3.63) is 89.9 Å². The first kappa shape index (κ1) is 23.0. The number of amides is 1. The fourth-order valence-electron chi connectivity index (χ4n) is 4.14. The Morgan fingerprint density at radius 3 is 2.81 bits per heavy atom. The largest absolute Gasteiger partial charge is 0.399 e. The number of anilines is 2. The molecule has 0 atom stereocenters. The highest BCUT2D eigenvalue weighted by atomic mass is 19.1. The van der Waals surface area contributed by atoms with Crippen LogP contribution in [0.1, 0.15) is 28.8 Å². The molecule has 0 aliphatic heterocycles. The van der Waals surface area contributed by atoms with E-state index < -0.39 is 11.7 Å². The first-order chi connectivity index (χ1) is 17.4. The fourth-order valence-corrected chi connectivity index (χ4v) is 4.14. The minimum absolute atomic E-state index is 0.0145. The van der Waals surface area contributed by atoms with Gasteiger partial charge in [0.05, 0.1) is 28.8 Å². The number of nitrogen functional groups attached to an aromatic ring is 1. The van der Waals surface area contributed by atoms with Crippen LogP contribution in [-0.4, -0.2) is 30.5 Å². The summed E-state index contributed by atoms with van der Waals surface area (Å²) >= 11 is 0. The Labute approximate surface area is 206 Å². The number of carbonyl (C=O) groups is 1. The van der Waals surface area contributed by atoms with Gasteiger partial charge in [0.15, 0.2) is 0 Å². The standard InChI is InChI=1S/C27H24FN7O/c1-3-34-26(27(36)32-23-15-20(29)9-10-22(23)28)25(17(2)33-34)18-7-8-19-16-31-35(24(19)14-18)13-11-21-6-4-5-12-30-21/h4-16H,3,29H2,1-2H3,(H,32,36). The van der Waals surface area contributed by atoms with E-state index in [1.807, 2.05) is 62.5 Å². The van der Waals surface area contributed by atoms with Gasteiger partial charge in [0, 0.05) is 35.6 Å². The van der Waals surface area contributed by atoms with Crippen molar-refractivity contribution in [3.8, 4) is 11.1 Å². The van der Waals surface area contributed by atoms with Crippen LogP contribution in [0.15, 0.2) is 67.0 Å². The fraction of sp³-hybridized carbons (Fsp3) is 0.111. The van der Waals surface area contributed by atoms with Gasteiger partial charge in [0.2, 0.25) is 0 Å². The molecule has 0 fully saturated rings. The lowest BCUT2D eigenvalue weighted by molar-refractivity contribution is 0.101. The molecule has 2 aromatic carbocycles. The number of aryl methyl sites for hydroxylation is 2. The second-order valence-corrected chi connectivity index (χ2v) is 8.25. The summed E-state index contributed by atoms with van der Waals surface area (Å²) in [4.78, 5) is 17.7. The Kier molecular flexibility index (Phi) is 6.03. The van der Waals surface area contributed by atoms with Gasteiger partial charge in [0.1, 0.15) is 11.5 Å². The number of hydrogen-bond donors (Lipinski definition) is 2. The Hall–Kier alpha value is -4.79. The summed E-state index contributed by atoms with van der Waals surface area (Å²) in [5.41, 5.74) is 10.3. The number of nitrogens with zero attached hydrogens (tertiary/aromatic N) is 5. The number of nitrogens with two attached hydrogens (primary N) is 1. The molecule has 36 heavy (non-hydrogen) atoms. The van der Waals surface area contributed by atoms with Crippen LogP contribution < -0.4 is 11.1 Å². The van der Waals surface area contributed by atoms with Crippen molar-refractivity contribution in [2.45, 2.75) is 20.4 Å². The van der Waals surface area contributed by atoms with Gasteiger partial charge < -0.3 is 11.1 Å². The molecule has 5 rings (SSSR count). The van der Waals surface area contributed by atoms with Gasteiger partial charge in [-0.3, -0.25) is 14.5 Å². The van der Waals surface area contributed by atoms with Crippen molar-refractivity contribution in [1.82, 2.24) is 24.5 Å². The molecular formula is C27H24FN7O. The Morgan fingerprint density at radius 1 is 1.17 bits per heavy atom. The average molecular weight is 482 g/mol. The SMILES string of the molecule is CCn1nc(C)c(-c2ccc3cnn(C=Cc4ccccn4)c3c2)c1C(=O)Nc1cc(N)ccc1F. The maximum atomic E-state index is 14.3. The number of halogens is 1. The number of aromatic nitrogens is 5. The number of rotatable bonds is 6. The van der Waals surface area contributed by atoms with E-state index >= 15 is 0 Å². The zero-order chi connectivity index (χ0) is 25.2. The molecule has 9 heteroatoms. The number of pyridine rings is 1. The van der Waals surface area contributed by atoms with Crippen LogP contribution in [0.3, 0.4) is 0 Å². The third-order valence-corrected chi connectivity index (χ3v) is 5.84. The van der Waals surface area contributed by atoms with Gasteiger partial charge in [-0.2, -0.15) is 10.2 Å². The summed E-state index contributed by atoms with van der Waals surface area (Å²) in [5, 5.41) is 12.6. The highest BCUT2D eigenvalue weighted by Gasteiger charge is 2.24.